The second-order valence-corrected chi connectivity index (χ2v) is 10.7. The van der Waals surface area contributed by atoms with Gasteiger partial charge in [0.1, 0.15) is 18.3 Å². The predicted molar refractivity (Wildman–Crippen MR) is 140 cm³/mol. The average molecular weight is 545 g/mol. The van der Waals surface area contributed by atoms with Crippen molar-refractivity contribution in [2.24, 2.45) is 0 Å². The van der Waals surface area contributed by atoms with Gasteiger partial charge in [0.25, 0.3) is 0 Å². The van der Waals surface area contributed by atoms with Crippen LogP contribution >= 0.6 is 23.2 Å². The van der Waals surface area contributed by atoms with Gasteiger partial charge < -0.3 is 15.0 Å². The molecule has 2 aromatic rings. The Balaban J connectivity index is 2.38. The van der Waals surface area contributed by atoms with E-state index >= 15 is 0 Å². The van der Waals surface area contributed by atoms with Gasteiger partial charge in [-0.25, -0.2) is 8.42 Å². The molecule has 1 atom stereocenters. The van der Waals surface area contributed by atoms with Crippen molar-refractivity contribution in [2.75, 3.05) is 30.3 Å². The first-order valence-corrected chi connectivity index (χ1v) is 13.8. The summed E-state index contributed by atoms with van der Waals surface area (Å²) in [6.45, 7) is 5.77. The van der Waals surface area contributed by atoms with Crippen LogP contribution in [0.2, 0.25) is 10.0 Å². The highest BCUT2D eigenvalue weighted by Crippen LogP contribution is 2.25. The van der Waals surface area contributed by atoms with E-state index in [4.69, 9.17) is 27.9 Å². The number of carbonyl (C=O) groups excluding carboxylic acids is 2. The van der Waals surface area contributed by atoms with Crippen molar-refractivity contribution in [3.63, 3.8) is 0 Å². The first-order chi connectivity index (χ1) is 16.5. The minimum Gasteiger partial charge on any atom is -0.494 e. The topological polar surface area (TPSA) is 96.0 Å². The lowest BCUT2D eigenvalue weighted by Crippen LogP contribution is -2.51. The largest absolute Gasteiger partial charge is 0.494 e. The van der Waals surface area contributed by atoms with Crippen LogP contribution in [0, 0.1) is 0 Å². The first-order valence-electron chi connectivity index (χ1n) is 11.2. The Hall–Kier alpha value is -2.49. The zero-order valence-electron chi connectivity index (χ0n) is 20.3. The zero-order valence-corrected chi connectivity index (χ0v) is 22.6. The SMILES string of the molecule is CCCNC(=O)C(C)N(Cc1ccc(Cl)cc1Cl)C(=O)CN(c1ccc(OCC)cc1)S(C)(=O)=O. The maximum absolute atomic E-state index is 13.5. The normalized spacial score (nSPS) is 12.1. The molecule has 0 aromatic heterocycles. The molecule has 0 aliphatic rings. The van der Waals surface area contributed by atoms with Gasteiger partial charge in [-0.05, 0) is 62.2 Å². The maximum atomic E-state index is 13.5. The fourth-order valence-electron chi connectivity index (χ4n) is 3.30. The highest BCUT2D eigenvalue weighted by Gasteiger charge is 2.30. The Labute approximate surface area is 217 Å². The molecule has 0 aliphatic carbocycles. The number of benzene rings is 2. The molecule has 2 rings (SSSR count). The fraction of sp³-hybridized carbons (Fsp3) is 0.417. The van der Waals surface area contributed by atoms with Crippen molar-refractivity contribution in [1.82, 2.24) is 10.2 Å². The zero-order chi connectivity index (χ0) is 26.2. The van der Waals surface area contributed by atoms with Crippen molar-refractivity contribution in [2.45, 2.75) is 39.8 Å². The molecule has 35 heavy (non-hydrogen) atoms. The van der Waals surface area contributed by atoms with Gasteiger partial charge in [-0.1, -0.05) is 36.2 Å². The number of amides is 2. The molecular formula is C24H31Cl2N3O5S. The van der Waals surface area contributed by atoms with Gasteiger partial charge in [-0.3, -0.25) is 13.9 Å². The molecule has 2 amide bonds. The third kappa shape index (κ3) is 8.30. The summed E-state index contributed by atoms with van der Waals surface area (Å²) in [4.78, 5) is 27.5. The number of rotatable bonds is 12. The molecule has 0 spiro atoms. The highest BCUT2D eigenvalue weighted by atomic mass is 35.5. The van der Waals surface area contributed by atoms with Gasteiger partial charge in [0.2, 0.25) is 21.8 Å². The molecule has 0 fully saturated rings. The lowest BCUT2D eigenvalue weighted by atomic mass is 10.1. The molecule has 2 aromatic carbocycles. The van der Waals surface area contributed by atoms with Crippen molar-refractivity contribution in [3.05, 3.63) is 58.1 Å². The van der Waals surface area contributed by atoms with E-state index in [9.17, 15) is 18.0 Å². The predicted octanol–water partition coefficient (Wildman–Crippen LogP) is 4.10. The number of anilines is 1. The van der Waals surface area contributed by atoms with Crippen LogP contribution in [0.3, 0.4) is 0 Å². The van der Waals surface area contributed by atoms with E-state index in [0.717, 1.165) is 17.0 Å². The van der Waals surface area contributed by atoms with E-state index in [1.54, 1.807) is 49.4 Å². The van der Waals surface area contributed by atoms with E-state index in [1.165, 1.54) is 4.90 Å². The Morgan fingerprint density at radius 3 is 2.29 bits per heavy atom. The summed E-state index contributed by atoms with van der Waals surface area (Å²) in [5.74, 6) is -0.331. The Morgan fingerprint density at radius 1 is 1.09 bits per heavy atom. The summed E-state index contributed by atoms with van der Waals surface area (Å²) in [6.07, 6.45) is 1.75. The van der Waals surface area contributed by atoms with Crippen LogP contribution in [0.1, 0.15) is 32.8 Å². The fourth-order valence-corrected chi connectivity index (χ4v) is 4.62. The summed E-state index contributed by atoms with van der Waals surface area (Å²) in [7, 11) is -3.82. The lowest BCUT2D eigenvalue weighted by molar-refractivity contribution is -0.139. The number of nitrogens with zero attached hydrogens (tertiary/aromatic N) is 2. The minimum atomic E-state index is -3.82. The quantitative estimate of drug-likeness (QED) is 0.434. The molecule has 8 nitrogen and oxygen atoms in total. The molecule has 0 saturated heterocycles. The summed E-state index contributed by atoms with van der Waals surface area (Å²) >= 11 is 12.3. The monoisotopic (exact) mass is 543 g/mol. The first kappa shape index (κ1) is 28.7. The molecule has 1 N–H and O–H groups in total. The minimum absolute atomic E-state index is 0.00354. The van der Waals surface area contributed by atoms with Crippen LogP contribution in [0.4, 0.5) is 5.69 Å². The van der Waals surface area contributed by atoms with E-state index in [1.807, 2.05) is 13.8 Å². The van der Waals surface area contributed by atoms with Crippen molar-refractivity contribution < 1.29 is 22.7 Å². The van der Waals surface area contributed by atoms with Crippen molar-refractivity contribution in [3.8, 4) is 5.75 Å². The van der Waals surface area contributed by atoms with Crippen LogP contribution in [0.5, 0.6) is 5.75 Å². The molecule has 11 heteroatoms. The smallest absolute Gasteiger partial charge is 0.244 e. The van der Waals surface area contributed by atoms with Gasteiger partial charge in [-0.2, -0.15) is 0 Å². The molecule has 1 unspecified atom stereocenters. The summed E-state index contributed by atoms with van der Waals surface area (Å²) in [5.41, 5.74) is 0.878. The van der Waals surface area contributed by atoms with Crippen LogP contribution < -0.4 is 14.4 Å². The molecule has 0 radical (unpaired) electrons. The maximum Gasteiger partial charge on any atom is 0.244 e. The number of ether oxygens (including phenoxy) is 1. The summed E-state index contributed by atoms with van der Waals surface area (Å²) < 4.78 is 31.6. The Morgan fingerprint density at radius 2 is 1.74 bits per heavy atom. The van der Waals surface area contributed by atoms with E-state index < -0.39 is 28.5 Å². The third-order valence-corrected chi connectivity index (χ3v) is 6.91. The van der Waals surface area contributed by atoms with Crippen LogP contribution in [-0.2, 0) is 26.2 Å². The van der Waals surface area contributed by atoms with Gasteiger partial charge in [0.15, 0.2) is 0 Å². The number of hydrogen-bond acceptors (Lipinski definition) is 5. The average Bonchev–Trinajstić information content (AvgIpc) is 2.80. The van der Waals surface area contributed by atoms with Gasteiger partial charge in [0.05, 0.1) is 18.6 Å². The Kier molecular flexibility index (Phi) is 10.7. The lowest BCUT2D eigenvalue weighted by Gasteiger charge is -2.31. The molecule has 0 bridgehead atoms. The molecular weight excluding hydrogens is 513 g/mol. The number of carbonyl (C=O) groups is 2. The standard InChI is InChI=1S/C24H31Cl2N3O5S/c1-5-13-27-24(31)17(3)28(15-18-7-8-19(25)14-22(18)26)23(30)16-29(35(4,32)33)20-9-11-21(12-10-20)34-6-2/h7-12,14,17H,5-6,13,15-16H2,1-4H3,(H,27,31). The number of halogens is 2. The Bertz CT molecular complexity index is 1130. The van der Waals surface area contributed by atoms with E-state index in [0.29, 0.717) is 40.2 Å². The van der Waals surface area contributed by atoms with Crippen molar-refractivity contribution >= 4 is 50.7 Å². The van der Waals surface area contributed by atoms with E-state index in [2.05, 4.69) is 5.32 Å². The van der Waals surface area contributed by atoms with Gasteiger partial charge in [0, 0.05) is 23.1 Å². The van der Waals surface area contributed by atoms with Crippen molar-refractivity contribution in [1.29, 1.82) is 0 Å². The van der Waals surface area contributed by atoms with Gasteiger partial charge >= 0.3 is 0 Å². The number of sulfonamides is 1. The van der Waals surface area contributed by atoms with Crippen LogP contribution in [0.25, 0.3) is 0 Å². The number of nitrogens with one attached hydrogen (secondary N) is 1. The number of hydrogen-bond donors (Lipinski definition) is 1. The van der Waals surface area contributed by atoms with Gasteiger partial charge in [-0.15, -0.1) is 0 Å². The van der Waals surface area contributed by atoms with E-state index in [-0.39, 0.29) is 12.5 Å². The molecule has 0 saturated carbocycles. The van der Waals surface area contributed by atoms with Crippen LogP contribution in [-0.4, -0.2) is 57.1 Å². The molecule has 192 valence electrons. The molecule has 0 heterocycles. The molecule has 0 aliphatic heterocycles. The third-order valence-electron chi connectivity index (χ3n) is 5.19. The second-order valence-electron chi connectivity index (χ2n) is 7.92. The summed E-state index contributed by atoms with van der Waals surface area (Å²) in [6, 6.07) is 10.4. The van der Waals surface area contributed by atoms with Crippen LogP contribution in [0.15, 0.2) is 42.5 Å². The highest BCUT2D eigenvalue weighted by molar-refractivity contribution is 7.92. The second kappa shape index (κ2) is 13.0. The summed E-state index contributed by atoms with van der Waals surface area (Å²) in [5, 5.41) is 3.55.